The predicted octanol–water partition coefficient (Wildman–Crippen LogP) is 13.3. The molecule has 49 heavy (non-hydrogen) atoms. The largest absolute Gasteiger partial charge is 0.454 e. The molecule has 0 unspecified atom stereocenters. The van der Waals surface area contributed by atoms with Gasteiger partial charge in [-0.15, -0.1) is 0 Å². The summed E-state index contributed by atoms with van der Waals surface area (Å²) >= 11 is 0. The van der Waals surface area contributed by atoms with Gasteiger partial charge in [0, 0.05) is 39.1 Å². The van der Waals surface area contributed by atoms with E-state index in [-0.39, 0.29) is 0 Å². The topological polar surface area (TPSA) is 19.6 Å². The second kappa shape index (κ2) is 12.2. The van der Waals surface area contributed by atoms with E-state index in [9.17, 15) is 0 Å². The summed E-state index contributed by atoms with van der Waals surface area (Å²) in [5, 5.41) is 4.48. The fraction of sp³-hybridized carbons (Fsp3) is 0. The molecular weight excluding hydrogens is 597 g/mol. The highest BCUT2D eigenvalue weighted by atomic mass is 16.3. The summed E-state index contributed by atoms with van der Waals surface area (Å²) in [5.74, 6) is 0. The highest BCUT2D eigenvalue weighted by molar-refractivity contribution is 6.15. The van der Waals surface area contributed by atoms with Gasteiger partial charge in [0.25, 0.3) is 0 Å². The second-order valence-electron chi connectivity index (χ2n) is 12.2. The molecule has 0 saturated heterocycles. The van der Waals surface area contributed by atoms with E-state index in [4.69, 9.17) is 4.42 Å². The Hall–Kier alpha value is -6.58. The minimum Gasteiger partial charge on any atom is -0.454 e. The van der Waals surface area contributed by atoms with Crippen molar-refractivity contribution in [3.63, 3.8) is 0 Å². The Bertz CT molecular complexity index is 2500. The van der Waals surface area contributed by atoms with Crippen LogP contribution in [0.4, 0.5) is 34.1 Å². The van der Waals surface area contributed by atoms with Gasteiger partial charge in [-0.1, -0.05) is 127 Å². The van der Waals surface area contributed by atoms with Crippen LogP contribution >= 0.6 is 0 Å². The maximum absolute atomic E-state index is 6.95. The SMILES string of the molecule is c1ccc(-c2ccccc2N(c2ccccc2)c2cc(N(c3ccccc3)c3ccccc3)cc3c2oc2cc4ccccc4cc23)cc1. The third-order valence-electron chi connectivity index (χ3n) is 9.18. The lowest BCUT2D eigenvalue weighted by molar-refractivity contribution is 0.669. The number of rotatable bonds is 7. The van der Waals surface area contributed by atoms with E-state index in [1.807, 2.05) is 0 Å². The molecule has 0 fully saturated rings. The molecule has 1 aromatic heterocycles. The molecular formula is C46H32N2O. The molecule has 232 valence electrons. The number of furan rings is 1. The van der Waals surface area contributed by atoms with E-state index in [1.165, 1.54) is 5.39 Å². The molecule has 0 aliphatic heterocycles. The first-order chi connectivity index (χ1) is 24.3. The van der Waals surface area contributed by atoms with Crippen molar-refractivity contribution in [2.75, 3.05) is 9.80 Å². The van der Waals surface area contributed by atoms with Crippen LogP contribution in [0.15, 0.2) is 199 Å². The quantitative estimate of drug-likeness (QED) is 0.175. The van der Waals surface area contributed by atoms with E-state index < -0.39 is 0 Å². The molecule has 0 aliphatic rings. The number of anilines is 6. The van der Waals surface area contributed by atoms with E-state index >= 15 is 0 Å². The summed E-state index contributed by atoms with van der Waals surface area (Å²) in [6.45, 7) is 0. The molecule has 0 radical (unpaired) electrons. The van der Waals surface area contributed by atoms with E-state index in [0.29, 0.717) is 0 Å². The van der Waals surface area contributed by atoms with Gasteiger partial charge in [0.05, 0.1) is 11.4 Å². The summed E-state index contributed by atoms with van der Waals surface area (Å²) in [5.41, 5.74) is 10.2. The molecule has 3 heteroatoms. The van der Waals surface area contributed by atoms with E-state index in [1.54, 1.807) is 0 Å². The van der Waals surface area contributed by atoms with Crippen molar-refractivity contribution in [3.8, 4) is 11.1 Å². The van der Waals surface area contributed by atoms with Crippen molar-refractivity contribution in [3.05, 3.63) is 194 Å². The molecule has 0 spiro atoms. The van der Waals surface area contributed by atoms with Gasteiger partial charge in [-0.2, -0.15) is 0 Å². The molecule has 8 aromatic carbocycles. The maximum Gasteiger partial charge on any atom is 0.159 e. The molecule has 9 aromatic rings. The van der Waals surface area contributed by atoms with Crippen LogP contribution in [-0.4, -0.2) is 0 Å². The first kappa shape index (κ1) is 28.6. The normalized spacial score (nSPS) is 11.3. The van der Waals surface area contributed by atoms with Crippen molar-refractivity contribution in [2.24, 2.45) is 0 Å². The molecule has 0 saturated carbocycles. The van der Waals surface area contributed by atoms with Crippen molar-refractivity contribution < 1.29 is 4.42 Å². The van der Waals surface area contributed by atoms with Crippen LogP contribution in [0.1, 0.15) is 0 Å². The van der Waals surface area contributed by atoms with Gasteiger partial charge in [-0.05, 0) is 83.1 Å². The highest BCUT2D eigenvalue weighted by Gasteiger charge is 2.25. The summed E-state index contributed by atoms with van der Waals surface area (Å²) in [6.07, 6.45) is 0. The van der Waals surface area contributed by atoms with Crippen LogP contribution in [0.2, 0.25) is 0 Å². The number of hydrogen-bond donors (Lipinski definition) is 0. The van der Waals surface area contributed by atoms with Gasteiger partial charge in [0.2, 0.25) is 0 Å². The summed E-state index contributed by atoms with van der Waals surface area (Å²) in [7, 11) is 0. The van der Waals surface area contributed by atoms with E-state index in [0.717, 1.165) is 72.6 Å². The maximum atomic E-state index is 6.95. The van der Waals surface area contributed by atoms with Gasteiger partial charge in [0.1, 0.15) is 5.58 Å². The summed E-state index contributed by atoms with van der Waals surface area (Å²) < 4.78 is 6.95. The fourth-order valence-corrected chi connectivity index (χ4v) is 6.94. The monoisotopic (exact) mass is 628 g/mol. The number of nitrogens with zero attached hydrogens (tertiary/aromatic N) is 2. The van der Waals surface area contributed by atoms with Crippen LogP contribution in [0.3, 0.4) is 0 Å². The highest BCUT2D eigenvalue weighted by Crippen LogP contribution is 2.49. The molecule has 0 bridgehead atoms. The van der Waals surface area contributed by atoms with Gasteiger partial charge >= 0.3 is 0 Å². The Kier molecular flexibility index (Phi) is 7.14. The molecule has 9 rings (SSSR count). The molecule has 1 heterocycles. The van der Waals surface area contributed by atoms with Crippen LogP contribution in [0.5, 0.6) is 0 Å². The Labute approximate surface area is 285 Å². The molecule has 0 atom stereocenters. The van der Waals surface area contributed by atoms with E-state index in [2.05, 4.69) is 204 Å². The third-order valence-corrected chi connectivity index (χ3v) is 9.18. The standard InChI is InChI=1S/C46H32N2O/c1-5-17-33(18-6-1)40-27-15-16-28-43(40)48(38-25-11-4-12-26-38)44-32-39(47(36-21-7-2-8-22-36)37-23-9-3-10-24-37)31-42-41-29-34-19-13-14-20-35(34)30-45(41)49-46(42)44/h1-32H. The van der Waals surface area contributed by atoms with Crippen LogP contribution in [0, 0.1) is 0 Å². The summed E-state index contributed by atoms with van der Waals surface area (Å²) in [6, 6.07) is 68.5. The number of para-hydroxylation sites is 4. The number of benzene rings is 8. The van der Waals surface area contributed by atoms with Gasteiger partial charge < -0.3 is 14.2 Å². The fourth-order valence-electron chi connectivity index (χ4n) is 6.94. The first-order valence-corrected chi connectivity index (χ1v) is 16.6. The lowest BCUT2D eigenvalue weighted by atomic mass is 10.0. The third kappa shape index (κ3) is 5.18. The predicted molar refractivity (Wildman–Crippen MR) is 206 cm³/mol. The van der Waals surface area contributed by atoms with Gasteiger partial charge in [0.15, 0.2) is 5.58 Å². The Morgan fingerprint density at radius 3 is 1.49 bits per heavy atom. The molecule has 0 aliphatic carbocycles. The number of fused-ring (bicyclic) bond motifs is 4. The lowest BCUT2D eigenvalue weighted by Crippen LogP contribution is -2.14. The summed E-state index contributed by atoms with van der Waals surface area (Å²) in [4.78, 5) is 4.68. The second-order valence-corrected chi connectivity index (χ2v) is 12.2. The Morgan fingerprint density at radius 2 is 0.857 bits per heavy atom. The minimum atomic E-state index is 0.835. The zero-order valence-corrected chi connectivity index (χ0v) is 26.8. The first-order valence-electron chi connectivity index (χ1n) is 16.6. The van der Waals surface area contributed by atoms with Gasteiger partial charge in [-0.3, -0.25) is 0 Å². The van der Waals surface area contributed by atoms with Crippen molar-refractivity contribution in [1.82, 2.24) is 0 Å². The van der Waals surface area contributed by atoms with Gasteiger partial charge in [-0.25, -0.2) is 0 Å². The van der Waals surface area contributed by atoms with Crippen molar-refractivity contribution >= 4 is 66.8 Å². The Morgan fingerprint density at radius 1 is 0.347 bits per heavy atom. The molecule has 0 N–H and O–H groups in total. The van der Waals surface area contributed by atoms with Crippen LogP contribution < -0.4 is 9.80 Å². The zero-order valence-electron chi connectivity index (χ0n) is 26.8. The van der Waals surface area contributed by atoms with Crippen molar-refractivity contribution in [2.45, 2.75) is 0 Å². The minimum absolute atomic E-state index is 0.835. The lowest BCUT2D eigenvalue weighted by Gasteiger charge is -2.30. The van der Waals surface area contributed by atoms with Crippen LogP contribution in [-0.2, 0) is 0 Å². The zero-order chi connectivity index (χ0) is 32.6. The van der Waals surface area contributed by atoms with Crippen molar-refractivity contribution in [1.29, 1.82) is 0 Å². The smallest absolute Gasteiger partial charge is 0.159 e. The average Bonchev–Trinajstić information content (AvgIpc) is 3.53. The Balaban J connectivity index is 1.40. The molecule has 0 amide bonds. The number of hydrogen-bond acceptors (Lipinski definition) is 3. The van der Waals surface area contributed by atoms with Crippen LogP contribution in [0.25, 0.3) is 43.8 Å². The molecule has 3 nitrogen and oxygen atoms in total. The average molecular weight is 629 g/mol.